The lowest BCUT2D eigenvalue weighted by molar-refractivity contribution is 0.0829. The first-order valence-corrected chi connectivity index (χ1v) is 12.2. The largest absolute Gasteiger partial charge is 0.390 e. The van der Waals surface area contributed by atoms with Crippen molar-refractivity contribution >= 4 is 5.91 Å². The van der Waals surface area contributed by atoms with Gasteiger partial charge >= 0.3 is 0 Å². The van der Waals surface area contributed by atoms with E-state index in [2.05, 4.69) is 29.7 Å². The van der Waals surface area contributed by atoms with E-state index in [4.69, 9.17) is 4.74 Å². The lowest BCUT2D eigenvalue weighted by atomic mass is 9.99. The summed E-state index contributed by atoms with van der Waals surface area (Å²) in [7, 11) is 1.62. The van der Waals surface area contributed by atoms with Gasteiger partial charge in [-0.05, 0) is 65.8 Å². The number of halogens is 2. The molecule has 5 nitrogen and oxygen atoms in total. The standard InChI is InChI=1S/C29H34F2N2O3/c1-3-20-6-4-8-22(12-20)18-32-19-28(34)27(16-23-14-25(30)17-26(31)15-23)33-29(35)24-9-5-7-21(13-24)10-11-36-2/h4-9,12-15,17,27-28,32,34H,3,10-11,16,18-19H2,1-2H3,(H,33,35)/t27-,28+/m0/s1. The van der Waals surface area contributed by atoms with Crippen molar-refractivity contribution in [3.8, 4) is 0 Å². The number of hydrogen-bond donors (Lipinski definition) is 3. The molecule has 0 aromatic heterocycles. The molecule has 36 heavy (non-hydrogen) atoms. The Morgan fingerprint density at radius 2 is 1.64 bits per heavy atom. The van der Waals surface area contributed by atoms with Crippen molar-refractivity contribution in [2.75, 3.05) is 20.3 Å². The number of methoxy groups -OCH3 is 1. The Kier molecular flexibility index (Phi) is 10.5. The van der Waals surface area contributed by atoms with Gasteiger partial charge in [0.05, 0.1) is 18.8 Å². The summed E-state index contributed by atoms with van der Waals surface area (Å²) in [6.45, 7) is 3.35. The smallest absolute Gasteiger partial charge is 0.251 e. The zero-order chi connectivity index (χ0) is 25.9. The van der Waals surface area contributed by atoms with Crippen LogP contribution in [-0.2, 0) is 30.5 Å². The van der Waals surface area contributed by atoms with Gasteiger partial charge in [-0.25, -0.2) is 8.78 Å². The summed E-state index contributed by atoms with van der Waals surface area (Å²) in [6.07, 6.45) is 0.667. The molecular weight excluding hydrogens is 462 g/mol. The molecule has 0 unspecified atom stereocenters. The van der Waals surface area contributed by atoms with Crippen molar-refractivity contribution in [1.82, 2.24) is 10.6 Å². The molecule has 3 rings (SSSR count). The molecule has 3 aromatic rings. The molecule has 1 amide bonds. The van der Waals surface area contributed by atoms with E-state index in [1.54, 1.807) is 25.3 Å². The van der Waals surface area contributed by atoms with Gasteiger partial charge in [-0.2, -0.15) is 0 Å². The predicted molar refractivity (Wildman–Crippen MR) is 137 cm³/mol. The number of nitrogens with one attached hydrogen (secondary N) is 2. The molecular formula is C29H34F2N2O3. The first-order chi connectivity index (χ1) is 17.4. The van der Waals surface area contributed by atoms with Crippen LogP contribution in [0.5, 0.6) is 0 Å². The molecule has 3 N–H and O–H groups in total. The first kappa shape index (κ1) is 27.5. The number of hydrogen-bond acceptors (Lipinski definition) is 4. The van der Waals surface area contributed by atoms with E-state index in [9.17, 15) is 18.7 Å². The number of aryl methyl sites for hydroxylation is 1. The summed E-state index contributed by atoms with van der Waals surface area (Å²) < 4.78 is 32.7. The molecule has 0 aliphatic rings. The second-order valence-corrected chi connectivity index (χ2v) is 8.88. The molecule has 0 bridgehead atoms. The maximum Gasteiger partial charge on any atom is 0.251 e. The highest BCUT2D eigenvalue weighted by Crippen LogP contribution is 2.14. The van der Waals surface area contributed by atoms with E-state index in [-0.39, 0.29) is 18.9 Å². The van der Waals surface area contributed by atoms with Crippen molar-refractivity contribution in [2.45, 2.75) is 44.9 Å². The summed E-state index contributed by atoms with van der Waals surface area (Å²) in [5.74, 6) is -1.78. The lowest BCUT2D eigenvalue weighted by Crippen LogP contribution is -2.48. The maximum atomic E-state index is 13.8. The Bertz CT molecular complexity index is 1120. The minimum Gasteiger partial charge on any atom is -0.390 e. The molecule has 0 fully saturated rings. The van der Waals surface area contributed by atoms with Crippen molar-refractivity contribution in [2.24, 2.45) is 0 Å². The fourth-order valence-electron chi connectivity index (χ4n) is 4.07. The predicted octanol–water partition coefficient (Wildman–Crippen LogP) is 4.21. The van der Waals surface area contributed by atoms with Crippen LogP contribution in [0.15, 0.2) is 66.7 Å². The zero-order valence-electron chi connectivity index (χ0n) is 20.8. The van der Waals surface area contributed by atoms with E-state index in [1.165, 1.54) is 17.7 Å². The molecule has 0 heterocycles. The van der Waals surface area contributed by atoms with E-state index in [0.29, 0.717) is 30.7 Å². The lowest BCUT2D eigenvalue weighted by Gasteiger charge is -2.25. The highest BCUT2D eigenvalue weighted by atomic mass is 19.1. The van der Waals surface area contributed by atoms with Gasteiger partial charge in [0.2, 0.25) is 0 Å². The van der Waals surface area contributed by atoms with Gasteiger partial charge in [-0.3, -0.25) is 4.79 Å². The van der Waals surface area contributed by atoms with Crippen LogP contribution < -0.4 is 10.6 Å². The summed E-state index contributed by atoms with van der Waals surface area (Å²) in [4.78, 5) is 13.1. The van der Waals surface area contributed by atoms with Gasteiger partial charge in [-0.1, -0.05) is 43.3 Å². The molecule has 0 saturated heterocycles. The van der Waals surface area contributed by atoms with Crippen molar-refractivity contribution in [3.05, 3.63) is 106 Å². The van der Waals surface area contributed by atoms with Gasteiger partial charge in [0.15, 0.2) is 0 Å². The summed E-state index contributed by atoms with van der Waals surface area (Å²) in [6, 6.07) is 17.8. The third-order valence-corrected chi connectivity index (χ3v) is 6.03. The van der Waals surface area contributed by atoms with Crippen LogP contribution in [-0.4, -0.2) is 43.4 Å². The van der Waals surface area contributed by atoms with Crippen LogP contribution in [0, 0.1) is 11.6 Å². The van der Waals surface area contributed by atoms with Crippen molar-refractivity contribution in [1.29, 1.82) is 0 Å². The van der Waals surface area contributed by atoms with Crippen molar-refractivity contribution in [3.63, 3.8) is 0 Å². The molecule has 0 spiro atoms. The second-order valence-electron chi connectivity index (χ2n) is 8.88. The second kappa shape index (κ2) is 13.8. The molecule has 2 atom stereocenters. The summed E-state index contributed by atoms with van der Waals surface area (Å²) in [5, 5.41) is 17.1. The Morgan fingerprint density at radius 3 is 2.36 bits per heavy atom. The van der Waals surface area contributed by atoms with Crippen LogP contribution in [0.3, 0.4) is 0 Å². The number of carbonyl (C=O) groups excluding carboxylic acids is 1. The number of carbonyl (C=O) groups is 1. The molecule has 0 aliphatic heterocycles. The Balaban J connectivity index is 1.71. The molecule has 7 heteroatoms. The average Bonchev–Trinajstić information content (AvgIpc) is 2.86. The zero-order valence-corrected chi connectivity index (χ0v) is 20.8. The third-order valence-electron chi connectivity index (χ3n) is 6.03. The van der Waals surface area contributed by atoms with Gasteiger partial charge in [0.25, 0.3) is 5.91 Å². The number of rotatable bonds is 13. The molecule has 192 valence electrons. The number of ether oxygens (including phenoxy) is 1. The summed E-state index contributed by atoms with van der Waals surface area (Å²) in [5.41, 5.74) is 4.05. The fraction of sp³-hybridized carbons (Fsp3) is 0.345. The minimum atomic E-state index is -0.994. The Hall–Kier alpha value is -3.13. The number of benzene rings is 3. The highest BCUT2D eigenvalue weighted by molar-refractivity contribution is 5.94. The van der Waals surface area contributed by atoms with Crippen LogP contribution in [0.1, 0.15) is 39.5 Å². The van der Waals surface area contributed by atoms with Crippen LogP contribution in [0.4, 0.5) is 8.78 Å². The average molecular weight is 497 g/mol. The van der Waals surface area contributed by atoms with E-state index < -0.39 is 23.8 Å². The SMILES string of the molecule is CCc1cccc(CNC[C@@H](O)[C@H](Cc2cc(F)cc(F)c2)NC(=O)c2cccc(CCOC)c2)c1. The third kappa shape index (κ3) is 8.52. The Labute approximate surface area is 211 Å². The monoisotopic (exact) mass is 496 g/mol. The number of amides is 1. The fourth-order valence-corrected chi connectivity index (χ4v) is 4.07. The molecule has 0 saturated carbocycles. The van der Waals surface area contributed by atoms with Gasteiger partial charge < -0.3 is 20.5 Å². The topological polar surface area (TPSA) is 70.6 Å². The van der Waals surface area contributed by atoms with E-state index in [1.807, 2.05) is 18.2 Å². The van der Waals surface area contributed by atoms with Crippen molar-refractivity contribution < 1.29 is 23.4 Å². The molecule has 0 aliphatic carbocycles. The van der Waals surface area contributed by atoms with Crippen LogP contribution in [0.2, 0.25) is 0 Å². The van der Waals surface area contributed by atoms with Crippen LogP contribution >= 0.6 is 0 Å². The van der Waals surface area contributed by atoms with Gasteiger partial charge in [0.1, 0.15) is 11.6 Å². The maximum absolute atomic E-state index is 13.8. The number of aliphatic hydroxyl groups is 1. The number of aliphatic hydroxyl groups excluding tert-OH is 1. The first-order valence-electron chi connectivity index (χ1n) is 12.2. The normalized spacial score (nSPS) is 12.8. The van der Waals surface area contributed by atoms with Gasteiger partial charge in [0, 0.05) is 31.8 Å². The van der Waals surface area contributed by atoms with Gasteiger partial charge in [-0.15, -0.1) is 0 Å². The van der Waals surface area contributed by atoms with E-state index >= 15 is 0 Å². The highest BCUT2D eigenvalue weighted by Gasteiger charge is 2.23. The molecule has 3 aromatic carbocycles. The molecule has 0 radical (unpaired) electrons. The minimum absolute atomic E-state index is 0.0674. The van der Waals surface area contributed by atoms with E-state index in [0.717, 1.165) is 23.6 Å². The quantitative estimate of drug-likeness (QED) is 0.332. The Morgan fingerprint density at radius 1 is 0.944 bits per heavy atom. The van der Waals surface area contributed by atoms with Crippen LogP contribution in [0.25, 0.3) is 0 Å². The summed E-state index contributed by atoms with van der Waals surface area (Å²) >= 11 is 0.